The van der Waals surface area contributed by atoms with Crippen LogP contribution in [0.15, 0.2) is 30.9 Å². The monoisotopic (exact) mass is 216 g/mol. The highest BCUT2D eigenvalue weighted by atomic mass is 15.1. The zero-order valence-electron chi connectivity index (χ0n) is 9.43. The first-order chi connectivity index (χ1) is 7.81. The summed E-state index contributed by atoms with van der Waals surface area (Å²) in [5.41, 5.74) is 7.70. The van der Waals surface area contributed by atoms with Crippen LogP contribution in [0.5, 0.6) is 0 Å². The maximum atomic E-state index is 5.88. The number of hydrogen-bond donors (Lipinski definition) is 1. The van der Waals surface area contributed by atoms with E-state index in [0.717, 1.165) is 36.5 Å². The van der Waals surface area contributed by atoms with Gasteiger partial charge in [-0.3, -0.25) is 4.98 Å². The number of nitrogen functional groups attached to an aromatic ring is 1. The minimum atomic E-state index is 0.743. The fraction of sp³-hybridized carbons (Fsp3) is 0.333. The quantitative estimate of drug-likeness (QED) is 0.848. The van der Waals surface area contributed by atoms with Crippen molar-refractivity contribution in [2.75, 3.05) is 5.73 Å². The second kappa shape index (κ2) is 4.79. The van der Waals surface area contributed by atoms with Crippen LogP contribution in [0.4, 0.5) is 5.69 Å². The molecule has 0 saturated heterocycles. The topological polar surface area (TPSA) is 56.7 Å². The maximum Gasteiger partial charge on any atom is 0.113 e. The van der Waals surface area contributed by atoms with Crippen LogP contribution in [0.1, 0.15) is 24.7 Å². The molecule has 0 aliphatic heterocycles. The summed E-state index contributed by atoms with van der Waals surface area (Å²) < 4.78 is 2.16. The van der Waals surface area contributed by atoms with Crippen LogP contribution in [-0.4, -0.2) is 14.5 Å². The fourth-order valence-corrected chi connectivity index (χ4v) is 1.71. The highest BCUT2D eigenvalue weighted by molar-refractivity contribution is 5.45. The average molecular weight is 216 g/mol. The standard InChI is InChI=1S/C12H16N4/c1-2-6-16-7-5-15-12(16)8-10-9-14-4-3-11(10)13/h3-5,7,9H,2,6,8H2,1H3,(H2,13,14). The summed E-state index contributed by atoms with van der Waals surface area (Å²) in [4.78, 5) is 8.44. The Balaban J connectivity index is 2.20. The van der Waals surface area contributed by atoms with Gasteiger partial charge >= 0.3 is 0 Å². The van der Waals surface area contributed by atoms with Gasteiger partial charge in [-0.25, -0.2) is 4.98 Å². The lowest BCUT2D eigenvalue weighted by atomic mass is 10.1. The van der Waals surface area contributed by atoms with Crippen molar-refractivity contribution in [3.63, 3.8) is 0 Å². The Labute approximate surface area is 95.1 Å². The molecule has 0 unspecified atom stereocenters. The molecular weight excluding hydrogens is 200 g/mol. The van der Waals surface area contributed by atoms with Gasteiger partial charge in [0.05, 0.1) is 0 Å². The number of aryl methyl sites for hydroxylation is 1. The van der Waals surface area contributed by atoms with Crippen LogP contribution in [0.3, 0.4) is 0 Å². The Morgan fingerprint density at radius 2 is 2.25 bits per heavy atom. The van der Waals surface area contributed by atoms with Crippen molar-refractivity contribution >= 4 is 5.69 Å². The van der Waals surface area contributed by atoms with Gasteiger partial charge in [0.15, 0.2) is 0 Å². The first-order valence-electron chi connectivity index (χ1n) is 5.49. The van der Waals surface area contributed by atoms with Gasteiger partial charge in [0.2, 0.25) is 0 Å². The SMILES string of the molecule is CCCn1ccnc1Cc1cnccc1N. The Morgan fingerprint density at radius 3 is 3.00 bits per heavy atom. The van der Waals surface area contributed by atoms with Crippen molar-refractivity contribution in [3.8, 4) is 0 Å². The Hall–Kier alpha value is -1.84. The van der Waals surface area contributed by atoms with E-state index in [1.807, 2.05) is 18.5 Å². The van der Waals surface area contributed by atoms with Gasteiger partial charge in [-0.2, -0.15) is 0 Å². The summed E-state index contributed by atoms with van der Waals surface area (Å²) in [5, 5.41) is 0. The minimum absolute atomic E-state index is 0.743. The highest BCUT2D eigenvalue weighted by Gasteiger charge is 2.05. The molecule has 0 amide bonds. The van der Waals surface area contributed by atoms with Crippen molar-refractivity contribution in [2.45, 2.75) is 26.3 Å². The number of imidazole rings is 1. The van der Waals surface area contributed by atoms with E-state index >= 15 is 0 Å². The number of rotatable bonds is 4. The summed E-state index contributed by atoms with van der Waals surface area (Å²) in [6.07, 6.45) is 9.19. The second-order valence-corrected chi connectivity index (χ2v) is 3.79. The predicted molar refractivity (Wildman–Crippen MR) is 64.0 cm³/mol. The molecule has 0 spiro atoms. The maximum absolute atomic E-state index is 5.88. The van der Waals surface area contributed by atoms with Crippen molar-refractivity contribution in [2.24, 2.45) is 0 Å². The van der Waals surface area contributed by atoms with E-state index in [1.165, 1.54) is 0 Å². The number of anilines is 1. The highest BCUT2D eigenvalue weighted by Crippen LogP contribution is 2.13. The van der Waals surface area contributed by atoms with Crippen LogP contribution in [0, 0.1) is 0 Å². The van der Waals surface area contributed by atoms with Crippen molar-refractivity contribution in [1.29, 1.82) is 0 Å². The third kappa shape index (κ3) is 2.21. The van der Waals surface area contributed by atoms with E-state index in [0.29, 0.717) is 0 Å². The Bertz CT molecular complexity index is 462. The number of pyridine rings is 1. The summed E-state index contributed by atoms with van der Waals surface area (Å²) in [5.74, 6) is 1.04. The molecule has 0 atom stereocenters. The van der Waals surface area contributed by atoms with E-state index in [1.54, 1.807) is 12.4 Å². The minimum Gasteiger partial charge on any atom is -0.398 e. The Morgan fingerprint density at radius 1 is 1.38 bits per heavy atom. The molecular formula is C12H16N4. The van der Waals surface area contributed by atoms with Gasteiger partial charge < -0.3 is 10.3 Å². The number of aromatic nitrogens is 3. The lowest BCUT2D eigenvalue weighted by Gasteiger charge is -2.07. The first-order valence-corrected chi connectivity index (χ1v) is 5.49. The van der Waals surface area contributed by atoms with Crippen molar-refractivity contribution in [3.05, 3.63) is 42.2 Å². The summed E-state index contributed by atoms with van der Waals surface area (Å²) in [7, 11) is 0. The zero-order chi connectivity index (χ0) is 11.4. The van der Waals surface area contributed by atoms with Gasteiger partial charge in [0.25, 0.3) is 0 Å². The molecule has 0 aliphatic rings. The molecule has 4 heteroatoms. The molecule has 2 aromatic rings. The molecule has 2 heterocycles. The normalized spacial score (nSPS) is 10.6. The van der Waals surface area contributed by atoms with E-state index in [4.69, 9.17) is 5.73 Å². The predicted octanol–water partition coefficient (Wildman–Crippen LogP) is 1.86. The molecule has 2 rings (SSSR count). The molecule has 0 aliphatic carbocycles. The molecule has 84 valence electrons. The summed E-state index contributed by atoms with van der Waals surface area (Å²) in [6.45, 7) is 3.15. The van der Waals surface area contributed by atoms with Crippen LogP contribution < -0.4 is 5.73 Å². The third-order valence-electron chi connectivity index (χ3n) is 2.56. The van der Waals surface area contributed by atoms with Crippen LogP contribution >= 0.6 is 0 Å². The van der Waals surface area contributed by atoms with Crippen LogP contribution in [0.2, 0.25) is 0 Å². The van der Waals surface area contributed by atoms with Crippen LogP contribution in [0.25, 0.3) is 0 Å². The molecule has 0 fully saturated rings. The lowest BCUT2D eigenvalue weighted by Crippen LogP contribution is -2.05. The van der Waals surface area contributed by atoms with E-state index in [2.05, 4.69) is 21.5 Å². The summed E-state index contributed by atoms with van der Waals surface area (Å²) in [6, 6.07) is 1.82. The molecule has 2 N–H and O–H groups in total. The van der Waals surface area contributed by atoms with Gasteiger partial charge in [0.1, 0.15) is 5.82 Å². The lowest BCUT2D eigenvalue weighted by molar-refractivity contribution is 0.647. The van der Waals surface area contributed by atoms with E-state index in [9.17, 15) is 0 Å². The van der Waals surface area contributed by atoms with E-state index in [-0.39, 0.29) is 0 Å². The van der Waals surface area contributed by atoms with Gasteiger partial charge in [-0.05, 0) is 12.5 Å². The molecule has 0 aromatic carbocycles. The van der Waals surface area contributed by atoms with E-state index < -0.39 is 0 Å². The van der Waals surface area contributed by atoms with Gasteiger partial charge in [-0.15, -0.1) is 0 Å². The van der Waals surface area contributed by atoms with Gasteiger partial charge in [0, 0.05) is 49.0 Å². The molecule has 16 heavy (non-hydrogen) atoms. The smallest absolute Gasteiger partial charge is 0.113 e. The number of nitrogens with zero attached hydrogens (tertiary/aromatic N) is 3. The van der Waals surface area contributed by atoms with Crippen molar-refractivity contribution in [1.82, 2.24) is 14.5 Å². The molecule has 0 radical (unpaired) electrons. The largest absolute Gasteiger partial charge is 0.398 e. The van der Waals surface area contributed by atoms with Crippen molar-refractivity contribution < 1.29 is 0 Å². The van der Waals surface area contributed by atoms with Crippen LogP contribution in [-0.2, 0) is 13.0 Å². The summed E-state index contributed by atoms with van der Waals surface area (Å²) >= 11 is 0. The number of hydrogen-bond acceptors (Lipinski definition) is 3. The Kier molecular flexibility index (Phi) is 3.19. The zero-order valence-corrected chi connectivity index (χ0v) is 9.43. The molecule has 0 saturated carbocycles. The molecule has 0 bridgehead atoms. The second-order valence-electron chi connectivity index (χ2n) is 3.79. The molecule has 2 aromatic heterocycles. The fourth-order valence-electron chi connectivity index (χ4n) is 1.71. The van der Waals surface area contributed by atoms with Gasteiger partial charge in [-0.1, -0.05) is 6.92 Å². The number of nitrogens with two attached hydrogens (primary N) is 1. The first kappa shape index (κ1) is 10.7. The average Bonchev–Trinajstić information content (AvgIpc) is 2.70. The third-order valence-corrected chi connectivity index (χ3v) is 2.56. The molecule has 4 nitrogen and oxygen atoms in total.